The van der Waals surface area contributed by atoms with Gasteiger partial charge >= 0.3 is 0 Å². The number of nitrogens with two attached hydrogens (primary N) is 1. The van der Waals surface area contributed by atoms with E-state index < -0.39 is 6.10 Å². The van der Waals surface area contributed by atoms with Crippen LogP contribution in [0.15, 0.2) is 21.2 Å². The van der Waals surface area contributed by atoms with Crippen LogP contribution in [0.5, 0.6) is 0 Å². The fourth-order valence-corrected chi connectivity index (χ4v) is 2.31. The summed E-state index contributed by atoms with van der Waals surface area (Å²) in [5, 5.41) is 10.1. The summed E-state index contributed by atoms with van der Waals surface area (Å²) in [7, 11) is 0. The van der Waals surface area contributed by atoms with E-state index in [0.717, 1.165) is 8.95 Å². The third-order valence-corrected chi connectivity index (χ3v) is 3.43. The van der Waals surface area contributed by atoms with Crippen molar-refractivity contribution in [2.24, 2.45) is 11.1 Å². The Hall–Kier alpha value is 0.0300. The van der Waals surface area contributed by atoms with Gasteiger partial charge in [-0.1, -0.05) is 13.8 Å². The lowest BCUT2D eigenvalue weighted by Gasteiger charge is -2.29. The third kappa shape index (κ3) is 3.00. The second-order valence-electron chi connectivity index (χ2n) is 4.12. The van der Waals surface area contributed by atoms with Gasteiger partial charge < -0.3 is 10.8 Å². The standard InChI is InChI=1S/C10H14Br2N2O/c1-10(2,5-13)9(15)8-7(12)3-6(11)4-14-8/h3-4,9,15H,5,13H2,1-2H3. The van der Waals surface area contributed by atoms with Crippen LogP contribution in [0.3, 0.4) is 0 Å². The largest absolute Gasteiger partial charge is 0.386 e. The molecule has 0 bridgehead atoms. The maximum Gasteiger partial charge on any atom is 0.103 e. The van der Waals surface area contributed by atoms with E-state index in [2.05, 4.69) is 36.8 Å². The number of aliphatic hydroxyl groups excluding tert-OH is 1. The normalized spacial score (nSPS) is 14.0. The molecule has 1 unspecified atom stereocenters. The van der Waals surface area contributed by atoms with Crippen molar-refractivity contribution < 1.29 is 5.11 Å². The van der Waals surface area contributed by atoms with Gasteiger partial charge in [0.2, 0.25) is 0 Å². The Labute approximate surface area is 106 Å². The van der Waals surface area contributed by atoms with Gasteiger partial charge in [0, 0.05) is 27.1 Å². The molecule has 1 atom stereocenters. The molecule has 1 aromatic heterocycles. The Morgan fingerprint density at radius 2 is 2.13 bits per heavy atom. The zero-order valence-electron chi connectivity index (χ0n) is 8.67. The minimum absolute atomic E-state index is 0.386. The number of halogens is 2. The molecule has 0 aliphatic carbocycles. The molecular formula is C10H14Br2N2O. The van der Waals surface area contributed by atoms with E-state index in [-0.39, 0.29) is 5.41 Å². The van der Waals surface area contributed by atoms with Gasteiger partial charge in [0.1, 0.15) is 6.10 Å². The van der Waals surface area contributed by atoms with Crippen molar-refractivity contribution >= 4 is 31.9 Å². The molecule has 3 N–H and O–H groups in total. The van der Waals surface area contributed by atoms with Crippen LogP contribution < -0.4 is 5.73 Å². The van der Waals surface area contributed by atoms with Crippen LogP contribution >= 0.6 is 31.9 Å². The first-order valence-corrected chi connectivity index (χ1v) is 6.16. The monoisotopic (exact) mass is 336 g/mol. The van der Waals surface area contributed by atoms with Gasteiger partial charge in [-0.2, -0.15) is 0 Å². The van der Waals surface area contributed by atoms with Crippen LogP contribution in [0.25, 0.3) is 0 Å². The topological polar surface area (TPSA) is 59.1 Å². The molecule has 84 valence electrons. The molecule has 3 nitrogen and oxygen atoms in total. The zero-order chi connectivity index (χ0) is 11.6. The molecule has 0 aliphatic rings. The van der Waals surface area contributed by atoms with Gasteiger partial charge in [0.05, 0.1) is 5.69 Å². The number of aromatic nitrogens is 1. The minimum atomic E-state index is -0.676. The van der Waals surface area contributed by atoms with Gasteiger partial charge in [0.15, 0.2) is 0 Å². The van der Waals surface area contributed by atoms with E-state index in [1.807, 2.05) is 19.9 Å². The number of rotatable bonds is 3. The van der Waals surface area contributed by atoms with Gasteiger partial charge in [-0.15, -0.1) is 0 Å². The van der Waals surface area contributed by atoms with E-state index in [9.17, 15) is 5.11 Å². The van der Waals surface area contributed by atoms with E-state index in [1.54, 1.807) is 6.20 Å². The van der Waals surface area contributed by atoms with Crippen LogP contribution in [-0.4, -0.2) is 16.6 Å². The van der Waals surface area contributed by atoms with Crippen molar-refractivity contribution in [2.45, 2.75) is 20.0 Å². The van der Waals surface area contributed by atoms with E-state index in [4.69, 9.17) is 5.73 Å². The summed E-state index contributed by atoms with van der Waals surface area (Å²) in [5.74, 6) is 0. The Morgan fingerprint density at radius 3 is 2.60 bits per heavy atom. The first-order chi connectivity index (χ1) is 6.88. The highest BCUT2D eigenvalue weighted by atomic mass is 79.9. The van der Waals surface area contributed by atoms with Crippen molar-refractivity contribution in [1.29, 1.82) is 0 Å². The summed E-state index contributed by atoms with van der Waals surface area (Å²) in [6.45, 7) is 4.22. The van der Waals surface area contributed by atoms with Gasteiger partial charge in [-0.25, -0.2) is 0 Å². The number of aliphatic hydroxyl groups is 1. The first-order valence-electron chi connectivity index (χ1n) is 4.57. The van der Waals surface area contributed by atoms with Crippen molar-refractivity contribution in [3.05, 3.63) is 26.9 Å². The lowest BCUT2D eigenvalue weighted by atomic mass is 9.85. The quantitative estimate of drug-likeness (QED) is 0.891. The van der Waals surface area contributed by atoms with Crippen molar-refractivity contribution in [2.75, 3.05) is 6.54 Å². The van der Waals surface area contributed by atoms with E-state index >= 15 is 0 Å². The molecule has 0 amide bonds. The molecule has 0 fully saturated rings. The highest BCUT2D eigenvalue weighted by Gasteiger charge is 2.30. The minimum Gasteiger partial charge on any atom is -0.386 e. The summed E-state index contributed by atoms with van der Waals surface area (Å²) in [6.07, 6.45) is 0.987. The number of hydrogen-bond acceptors (Lipinski definition) is 3. The van der Waals surface area contributed by atoms with Crippen LogP contribution in [0, 0.1) is 5.41 Å². The van der Waals surface area contributed by atoms with Gasteiger partial charge in [0.25, 0.3) is 0 Å². The fourth-order valence-electron chi connectivity index (χ4n) is 1.11. The van der Waals surface area contributed by atoms with Gasteiger partial charge in [-0.05, 0) is 37.9 Å². The lowest BCUT2D eigenvalue weighted by Crippen LogP contribution is -2.31. The fraction of sp³-hybridized carbons (Fsp3) is 0.500. The highest BCUT2D eigenvalue weighted by Crippen LogP contribution is 2.35. The van der Waals surface area contributed by atoms with E-state index in [0.29, 0.717) is 12.2 Å². The maximum absolute atomic E-state index is 10.1. The predicted molar refractivity (Wildman–Crippen MR) is 67.4 cm³/mol. The maximum atomic E-state index is 10.1. The average Bonchev–Trinajstić information content (AvgIpc) is 2.17. The van der Waals surface area contributed by atoms with E-state index in [1.165, 1.54) is 0 Å². The highest BCUT2D eigenvalue weighted by molar-refractivity contribution is 9.11. The third-order valence-electron chi connectivity index (χ3n) is 2.36. The first kappa shape index (κ1) is 13.1. The molecule has 1 rings (SSSR count). The average molecular weight is 338 g/mol. The summed E-state index contributed by atoms with van der Waals surface area (Å²) in [6, 6.07) is 1.86. The smallest absolute Gasteiger partial charge is 0.103 e. The van der Waals surface area contributed by atoms with Crippen molar-refractivity contribution in [3.63, 3.8) is 0 Å². The summed E-state index contributed by atoms with van der Waals surface area (Å²) in [5.41, 5.74) is 5.85. The number of nitrogens with zero attached hydrogens (tertiary/aromatic N) is 1. The van der Waals surface area contributed by atoms with Crippen LogP contribution in [0.1, 0.15) is 25.6 Å². The zero-order valence-corrected chi connectivity index (χ0v) is 11.8. The van der Waals surface area contributed by atoms with Crippen molar-refractivity contribution in [1.82, 2.24) is 4.98 Å². The van der Waals surface area contributed by atoms with Crippen LogP contribution in [0.2, 0.25) is 0 Å². The predicted octanol–water partition coefficient (Wildman–Crippen LogP) is 2.62. The molecule has 0 radical (unpaired) electrons. The Balaban J connectivity index is 3.06. The molecule has 0 saturated heterocycles. The lowest BCUT2D eigenvalue weighted by molar-refractivity contribution is 0.0512. The summed E-state index contributed by atoms with van der Waals surface area (Å²) < 4.78 is 1.65. The number of pyridine rings is 1. The molecule has 1 aromatic rings. The van der Waals surface area contributed by atoms with Gasteiger partial charge in [-0.3, -0.25) is 4.98 Å². The second-order valence-corrected chi connectivity index (χ2v) is 5.89. The molecule has 0 aromatic carbocycles. The Morgan fingerprint density at radius 1 is 1.53 bits per heavy atom. The molecule has 0 spiro atoms. The Kier molecular flexibility index (Phi) is 4.29. The molecule has 0 aliphatic heterocycles. The van der Waals surface area contributed by atoms with Crippen molar-refractivity contribution in [3.8, 4) is 0 Å². The summed E-state index contributed by atoms with van der Waals surface area (Å²) >= 11 is 6.69. The second kappa shape index (κ2) is 4.91. The summed E-state index contributed by atoms with van der Waals surface area (Å²) in [4.78, 5) is 4.19. The molecule has 0 saturated carbocycles. The van der Waals surface area contributed by atoms with Crippen LogP contribution in [0.4, 0.5) is 0 Å². The van der Waals surface area contributed by atoms with Crippen LogP contribution in [-0.2, 0) is 0 Å². The Bertz CT molecular complexity index is 355. The molecule has 15 heavy (non-hydrogen) atoms. The number of hydrogen-bond donors (Lipinski definition) is 2. The molecule has 1 heterocycles. The molecular weight excluding hydrogens is 324 g/mol. The SMILES string of the molecule is CC(C)(CN)C(O)c1ncc(Br)cc1Br. The molecule has 5 heteroatoms.